The first-order valence-electron chi connectivity index (χ1n) is 7.98. The molecule has 132 valence electrons. The predicted octanol–water partition coefficient (Wildman–Crippen LogP) is 3.00. The average Bonchev–Trinajstić information content (AvgIpc) is 2.78. The van der Waals surface area contributed by atoms with Crippen LogP contribution in [0.3, 0.4) is 0 Å². The number of fused-ring (bicyclic) bond motifs is 1. The molecule has 1 aromatic carbocycles. The Morgan fingerprint density at radius 2 is 2.20 bits per heavy atom. The quantitative estimate of drug-likeness (QED) is 0.887. The zero-order valence-corrected chi connectivity index (χ0v) is 13.7. The van der Waals surface area contributed by atoms with Crippen molar-refractivity contribution in [1.29, 1.82) is 0 Å². The van der Waals surface area contributed by atoms with Crippen LogP contribution in [-0.2, 0) is 11.2 Å². The molecule has 3 rings (SSSR count). The molecule has 1 atom stereocenters. The summed E-state index contributed by atoms with van der Waals surface area (Å²) in [6, 6.07) is 4.18. The zero-order chi connectivity index (χ0) is 18.0. The number of aliphatic carboxylic acids is 1. The van der Waals surface area contributed by atoms with Gasteiger partial charge in [0.2, 0.25) is 0 Å². The van der Waals surface area contributed by atoms with Crippen LogP contribution in [0.4, 0.5) is 4.39 Å². The number of aryl methyl sites for hydroxylation is 1. The van der Waals surface area contributed by atoms with Gasteiger partial charge in [-0.05, 0) is 25.8 Å². The Kier molecular flexibility index (Phi) is 4.74. The highest BCUT2D eigenvalue weighted by atomic mass is 19.1. The van der Waals surface area contributed by atoms with E-state index in [0.717, 1.165) is 0 Å². The van der Waals surface area contributed by atoms with Gasteiger partial charge in [-0.15, -0.1) is 0 Å². The molecular formula is C18H18FNO5. The minimum absolute atomic E-state index is 0.104. The van der Waals surface area contributed by atoms with Crippen LogP contribution < -0.4 is 10.1 Å². The average molecular weight is 347 g/mol. The number of carbonyl (C=O) groups excluding carboxylic acids is 1. The van der Waals surface area contributed by atoms with Gasteiger partial charge in [0.25, 0.3) is 5.91 Å². The third-order valence-electron chi connectivity index (χ3n) is 4.15. The summed E-state index contributed by atoms with van der Waals surface area (Å²) in [6.07, 6.45) is 2.23. The van der Waals surface area contributed by atoms with Crippen LogP contribution in [0.5, 0.6) is 5.75 Å². The molecule has 0 aliphatic carbocycles. The lowest BCUT2D eigenvalue weighted by molar-refractivity contribution is -0.136. The normalized spacial score (nSPS) is 16.5. The molecule has 7 heteroatoms. The molecule has 2 aromatic rings. The van der Waals surface area contributed by atoms with Crippen LogP contribution in [0, 0.1) is 12.7 Å². The summed E-state index contributed by atoms with van der Waals surface area (Å²) in [5, 5.41) is 11.8. The number of para-hydroxylation sites is 1. The van der Waals surface area contributed by atoms with Crippen LogP contribution in [0.25, 0.3) is 0 Å². The molecule has 0 saturated carbocycles. The maximum atomic E-state index is 14.0. The molecule has 0 spiro atoms. The summed E-state index contributed by atoms with van der Waals surface area (Å²) in [5.74, 6) is -1.74. The second kappa shape index (κ2) is 6.96. The monoisotopic (exact) mass is 347 g/mol. The number of rotatable bonds is 4. The Bertz CT molecular complexity index is 814. The molecule has 1 amide bonds. The van der Waals surface area contributed by atoms with Crippen molar-refractivity contribution in [2.75, 3.05) is 6.61 Å². The molecule has 1 aliphatic rings. The van der Waals surface area contributed by atoms with E-state index in [2.05, 4.69) is 5.32 Å². The van der Waals surface area contributed by atoms with E-state index >= 15 is 0 Å². The first-order valence-corrected chi connectivity index (χ1v) is 7.98. The Labute approximate surface area is 143 Å². The summed E-state index contributed by atoms with van der Waals surface area (Å²) in [5.41, 5.74) is 1.34. The number of carboxylic acids is 1. The third-order valence-corrected chi connectivity index (χ3v) is 4.15. The summed E-state index contributed by atoms with van der Waals surface area (Å²) in [7, 11) is 0. The second-order valence-corrected chi connectivity index (χ2v) is 5.96. The number of benzene rings is 1. The van der Waals surface area contributed by atoms with Gasteiger partial charge in [0.05, 0.1) is 24.5 Å². The van der Waals surface area contributed by atoms with Crippen molar-refractivity contribution in [2.45, 2.75) is 32.2 Å². The molecular weight excluding hydrogens is 329 g/mol. The summed E-state index contributed by atoms with van der Waals surface area (Å²) >= 11 is 0. The molecule has 1 aliphatic heterocycles. The maximum absolute atomic E-state index is 14.0. The van der Waals surface area contributed by atoms with Crippen molar-refractivity contribution in [3.8, 4) is 5.75 Å². The van der Waals surface area contributed by atoms with Crippen LogP contribution in [0.2, 0.25) is 0 Å². The summed E-state index contributed by atoms with van der Waals surface area (Å²) in [4.78, 5) is 23.6. The number of hydrogen-bond acceptors (Lipinski definition) is 4. The Hall–Kier alpha value is -2.83. The van der Waals surface area contributed by atoms with Crippen molar-refractivity contribution in [3.05, 3.63) is 52.7 Å². The molecule has 0 bridgehead atoms. The van der Waals surface area contributed by atoms with Gasteiger partial charge in [0.1, 0.15) is 12.2 Å². The van der Waals surface area contributed by atoms with Gasteiger partial charge in [-0.25, -0.2) is 4.39 Å². The number of ether oxygens (including phenoxy) is 1. The largest absolute Gasteiger partial charge is 0.490 e. The molecule has 0 saturated heterocycles. The lowest BCUT2D eigenvalue weighted by Crippen LogP contribution is -2.29. The second-order valence-electron chi connectivity index (χ2n) is 5.96. The lowest BCUT2D eigenvalue weighted by Gasteiger charge is -2.19. The van der Waals surface area contributed by atoms with Gasteiger partial charge in [0, 0.05) is 11.1 Å². The van der Waals surface area contributed by atoms with E-state index in [0.29, 0.717) is 30.6 Å². The van der Waals surface area contributed by atoms with E-state index in [1.165, 1.54) is 12.3 Å². The number of carbonyl (C=O) groups is 2. The van der Waals surface area contributed by atoms with Gasteiger partial charge in [-0.2, -0.15) is 0 Å². The van der Waals surface area contributed by atoms with Gasteiger partial charge in [-0.3, -0.25) is 9.59 Å². The Balaban J connectivity index is 1.88. The SMILES string of the molecule is Cc1coc(CC(=O)O)c1C(=O)NC1CCCOc2c(F)cccc21. The number of amides is 1. The lowest BCUT2D eigenvalue weighted by atomic mass is 10.0. The molecule has 25 heavy (non-hydrogen) atoms. The van der Waals surface area contributed by atoms with Crippen molar-refractivity contribution in [1.82, 2.24) is 5.32 Å². The smallest absolute Gasteiger partial charge is 0.311 e. The van der Waals surface area contributed by atoms with E-state index < -0.39 is 23.7 Å². The number of halogens is 1. The minimum atomic E-state index is -1.08. The molecule has 6 nitrogen and oxygen atoms in total. The minimum Gasteiger partial charge on any atom is -0.490 e. The van der Waals surface area contributed by atoms with Crippen LogP contribution in [0.15, 0.2) is 28.9 Å². The van der Waals surface area contributed by atoms with Crippen molar-refractivity contribution in [3.63, 3.8) is 0 Å². The highest BCUT2D eigenvalue weighted by Gasteiger charge is 2.27. The summed E-state index contributed by atoms with van der Waals surface area (Å²) in [6.45, 7) is 2.04. The Morgan fingerprint density at radius 1 is 1.40 bits per heavy atom. The van der Waals surface area contributed by atoms with E-state index in [1.807, 2.05) is 0 Å². The van der Waals surface area contributed by atoms with Crippen molar-refractivity contribution >= 4 is 11.9 Å². The zero-order valence-electron chi connectivity index (χ0n) is 13.7. The molecule has 1 unspecified atom stereocenters. The van der Waals surface area contributed by atoms with Gasteiger partial charge in [0.15, 0.2) is 11.6 Å². The molecule has 0 radical (unpaired) electrons. The fraction of sp³-hybridized carbons (Fsp3) is 0.333. The summed E-state index contributed by atoms with van der Waals surface area (Å²) < 4.78 is 24.7. The van der Waals surface area contributed by atoms with Crippen LogP contribution >= 0.6 is 0 Å². The van der Waals surface area contributed by atoms with Crippen molar-refractivity contribution < 1.29 is 28.2 Å². The fourth-order valence-electron chi connectivity index (χ4n) is 3.02. The predicted molar refractivity (Wildman–Crippen MR) is 86.1 cm³/mol. The standard InChI is InChI=1S/C18H18FNO5/c1-10-9-25-14(8-15(21)22)16(10)18(23)20-13-6-3-7-24-17-11(13)4-2-5-12(17)19/h2,4-5,9,13H,3,6-8H2,1H3,(H,20,23)(H,21,22). The third kappa shape index (κ3) is 3.50. The van der Waals surface area contributed by atoms with E-state index in [1.54, 1.807) is 19.1 Å². The van der Waals surface area contributed by atoms with Crippen molar-refractivity contribution in [2.24, 2.45) is 0 Å². The highest BCUT2D eigenvalue weighted by Crippen LogP contribution is 2.34. The maximum Gasteiger partial charge on any atom is 0.311 e. The number of furan rings is 1. The topological polar surface area (TPSA) is 88.8 Å². The number of carboxylic acid groups (broad SMARTS) is 1. The van der Waals surface area contributed by atoms with Crippen LogP contribution in [-0.4, -0.2) is 23.6 Å². The molecule has 1 aromatic heterocycles. The van der Waals surface area contributed by atoms with E-state index in [9.17, 15) is 14.0 Å². The van der Waals surface area contributed by atoms with Gasteiger partial charge >= 0.3 is 5.97 Å². The number of hydrogen-bond donors (Lipinski definition) is 2. The molecule has 2 N–H and O–H groups in total. The molecule has 2 heterocycles. The highest BCUT2D eigenvalue weighted by molar-refractivity contribution is 5.97. The molecule has 0 fully saturated rings. The Morgan fingerprint density at radius 3 is 2.96 bits per heavy atom. The van der Waals surface area contributed by atoms with E-state index in [-0.39, 0.29) is 23.5 Å². The first-order chi connectivity index (χ1) is 12.0. The van der Waals surface area contributed by atoms with Gasteiger partial charge in [-0.1, -0.05) is 12.1 Å². The number of nitrogens with one attached hydrogen (secondary N) is 1. The first kappa shape index (κ1) is 17.0. The van der Waals surface area contributed by atoms with Gasteiger partial charge < -0.3 is 19.6 Å². The van der Waals surface area contributed by atoms with Crippen LogP contribution in [0.1, 0.15) is 46.1 Å². The van der Waals surface area contributed by atoms with E-state index in [4.69, 9.17) is 14.3 Å². The fourth-order valence-corrected chi connectivity index (χ4v) is 3.02.